The van der Waals surface area contributed by atoms with Crippen LogP contribution in [0, 0.1) is 0 Å². The van der Waals surface area contributed by atoms with Crippen molar-refractivity contribution in [2.45, 2.75) is 33.6 Å². The van der Waals surface area contributed by atoms with Gasteiger partial charge < -0.3 is 15.6 Å². The largest absolute Gasteiger partial charge is 0.507 e. The molecule has 3 N–H and O–H groups in total. The fourth-order valence-electron chi connectivity index (χ4n) is 2.70. The molecule has 0 amide bonds. The molecule has 2 rings (SSSR count). The molecule has 0 bridgehead atoms. The zero-order valence-corrected chi connectivity index (χ0v) is 15.0. The van der Waals surface area contributed by atoms with E-state index in [4.69, 9.17) is 10.5 Å². The smallest absolute Gasteiger partial charge is 0.185 e. The van der Waals surface area contributed by atoms with Crippen molar-refractivity contribution in [2.24, 2.45) is 0 Å². The predicted molar refractivity (Wildman–Crippen MR) is 102 cm³/mol. The van der Waals surface area contributed by atoms with Crippen molar-refractivity contribution in [1.29, 1.82) is 0 Å². The van der Waals surface area contributed by atoms with Gasteiger partial charge in [0, 0.05) is 11.3 Å². The molecule has 25 heavy (non-hydrogen) atoms. The number of phenolic OH excluding ortho intramolecular Hbond substituents is 1. The molecule has 2 aromatic carbocycles. The van der Waals surface area contributed by atoms with Gasteiger partial charge in [-0.25, -0.2) is 0 Å². The number of phenols is 1. The maximum atomic E-state index is 12.4. The first-order valence-electron chi connectivity index (χ1n) is 8.60. The monoisotopic (exact) mass is 339 g/mol. The summed E-state index contributed by atoms with van der Waals surface area (Å²) >= 11 is 0. The summed E-state index contributed by atoms with van der Waals surface area (Å²) in [5.41, 5.74) is 9.24. The molecule has 0 aliphatic carbocycles. The number of aryl methyl sites for hydroxylation is 2. The quantitative estimate of drug-likeness (QED) is 0.446. The summed E-state index contributed by atoms with van der Waals surface area (Å²) in [6, 6.07) is 8.73. The molecule has 0 fully saturated rings. The van der Waals surface area contributed by atoms with E-state index in [1.54, 1.807) is 30.3 Å². The van der Waals surface area contributed by atoms with Crippen LogP contribution in [0.25, 0.3) is 6.08 Å². The Labute approximate surface area is 148 Å². The summed E-state index contributed by atoms with van der Waals surface area (Å²) in [7, 11) is 0. The van der Waals surface area contributed by atoms with Gasteiger partial charge in [-0.05, 0) is 73.4 Å². The van der Waals surface area contributed by atoms with Gasteiger partial charge in [-0.1, -0.05) is 13.8 Å². The summed E-state index contributed by atoms with van der Waals surface area (Å²) < 4.78 is 5.75. The van der Waals surface area contributed by atoms with Crippen molar-refractivity contribution < 1.29 is 14.6 Å². The van der Waals surface area contributed by atoms with Crippen LogP contribution >= 0.6 is 0 Å². The van der Waals surface area contributed by atoms with E-state index in [2.05, 4.69) is 0 Å². The number of rotatable bonds is 7. The number of hydrogen-bond donors (Lipinski definition) is 2. The summed E-state index contributed by atoms with van der Waals surface area (Å²) in [6.07, 6.45) is 4.59. The van der Waals surface area contributed by atoms with Gasteiger partial charge in [0.1, 0.15) is 11.5 Å². The Morgan fingerprint density at radius 2 is 1.76 bits per heavy atom. The molecular weight excluding hydrogens is 314 g/mol. The molecule has 0 aliphatic heterocycles. The second-order valence-corrected chi connectivity index (χ2v) is 5.75. The number of ketones is 1. The minimum Gasteiger partial charge on any atom is -0.507 e. The van der Waals surface area contributed by atoms with Crippen LogP contribution in [0.2, 0.25) is 0 Å². The number of hydrogen-bond acceptors (Lipinski definition) is 4. The SMILES string of the molecule is CCOc1c(CC)cc(CC)c(O)c1C=CC(=O)c1ccc(N)cc1. The van der Waals surface area contributed by atoms with Crippen LogP contribution in [0.3, 0.4) is 0 Å². The zero-order valence-electron chi connectivity index (χ0n) is 15.0. The van der Waals surface area contributed by atoms with Gasteiger partial charge in [0.15, 0.2) is 5.78 Å². The van der Waals surface area contributed by atoms with Crippen LogP contribution in [0.4, 0.5) is 5.69 Å². The summed E-state index contributed by atoms with van der Waals surface area (Å²) in [6.45, 7) is 6.42. The van der Waals surface area contributed by atoms with Crippen molar-refractivity contribution in [1.82, 2.24) is 0 Å². The maximum Gasteiger partial charge on any atom is 0.185 e. The summed E-state index contributed by atoms with van der Waals surface area (Å²) in [5.74, 6) is 0.660. The number of carbonyl (C=O) groups excluding carboxylic acids is 1. The molecule has 0 saturated heterocycles. The topological polar surface area (TPSA) is 72.5 Å². The summed E-state index contributed by atoms with van der Waals surface area (Å²) in [4.78, 5) is 12.4. The highest BCUT2D eigenvalue weighted by Crippen LogP contribution is 2.37. The highest BCUT2D eigenvalue weighted by Gasteiger charge is 2.16. The van der Waals surface area contributed by atoms with E-state index in [1.165, 1.54) is 6.08 Å². The molecule has 0 aliphatic rings. The lowest BCUT2D eigenvalue weighted by molar-refractivity contribution is 0.104. The number of carbonyl (C=O) groups is 1. The predicted octanol–water partition coefficient (Wildman–Crippen LogP) is 4.39. The van der Waals surface area contributed by atoms with Crippen LogP contribution in [0.1, 0.15) is 47.8 Å². The molecule has 0 atom stereocenters. The van der Waals surface area contributed by atoms with Crippen LogP contribution < -0.4 is 10.5 Å². The number of aromatic hydroxyl groups is 1. The number of benzene rings is 2. The molecule has 4 heteroatoms. The van der Waals surface area contributed by atoms with Crippen LogP contribution in [0.5, 0.6) is 11.5 Å². The van der Waals surface area contributed by atoms with Gasteiger partial charge in [-0.3, -0.25) is 4.79 Å². The molecule has 0 saturated carbocycles. The lowest BCUT2D eigenvalue weighted by Gasteiger charge is -2.16. The summed E-state index contributed by atoms with van der Waals surface area (Å²) in [5, 5.41) is 10.6. The minimum atomic E-state index is -0.151. The first-order chi connectivity index (χ1) is 12.0. The molecule has 2 aromatic rings. The van der Waals surface area contributed by atoms with E-state index in [1.807, 2.05) is 26.8 Å². The fourth-order valence-corrected chi connectivity index (χ4v) is 2.70. The highest BCUT2D eigenvalue weighted by atomic mass is 16.5. The standard InChI is InChI=1S/C21H25NO3/c1-4-14-13-15(5-2)21(25-6-3)18(20(14)24)11-12-19(23)16-7-9-17(22)10-8-16/h7-13,24H,4-6,22H2,1-3H3. The number of anilines is 1. The third-order valence-electron chi connectivity index (χ3n) is 4.09. The molecule has 0 unspecified atom stereocenters. The van der Waals surface area contributed by atoms with E-state index in [9.17, 15) is 9.90 Å². The first kappa shape index (κ1) is 18.6. The van der Waals surface area contributed by atoms with E-state index < -0.39 is 0 Å². The van der Waals surface area contributed by atoms with Crippen molar-refractivity contribution in [3.8, 4) is 11.5 Å². The van der Waals surface area contributed by atoms with Gasteiger partial charge in [0.05, 0.1) is 12.2 Å². The van der Waals surface area contributed by atoms with E-state index in [0.717, 1.165) is 17.5 Å². The Balaban J connectivity index is 2.45. The lowest BCUT2D eigenvalue weighted by Crippen LogP contribution is -2.02. The maximum absolute atomic E-state index is 12.4. The second kappa shape index (κ2) is 8.38. The molecule has 4 nitrogen and oxygen atoms in total. The Morgan fingerprint density at radius 3 is 2.32 bits per heavy atom. The van der Waals surface area contributed by atoms with Gasteiger partial charge >= 0.3 is 0 Å². The zero-order chi connectivity index (χ0) is 18.4. The van der Waals surface area contributed by atoms with Crippen LogP contribution in [-0.2, 0) is 12.8 Å². The molecule has 0 radical (unpaired) electrons. The van der Waals surface area contributed by atoms with Crippen molar-refractivity contribution in [3.05, 3.63) is 58.7 Å². The third kappa shape index (κ3) is 4.21. The van der Waals surface area contributed by atoms with Gasteiger partial charge in [-0.15, -0.1) is 0 Å². The second-order valence-electron chi connectivity index (χ2n) is 5.75. The van der Waals surface area contributed by atoms with Crippen LogP contribution in [-0.4, -0.2) is 17.5 Å². The molecule has 0 spiro atoms. The molecule has 132 valence electrons. The molecule has 0 aromatic heterocycles. The van der Waals surface area contributed by atoms with Gasteiger partial charge in [0.25, 0.3) is 0 Å². The molecule has 0 heterocycles. The van der Waals surface area contributed by atoms with Crippen molar-refractivity contribution in [3.63, 3.8) is 0 Å². The first-order valence-corrected chi connectivity index (χ1v) is 8.60. The normalized spacial score (nSPS) is 11.0. The number of nitrogens with two attached hydrogens (primary N) is 1. The van der Waals surface area contributed by atoms with Crippen LogP contribution in [0.15, 0.2) is 36.4 Å². The minimum absolute atomic E-state index is 0.151. The lowest BCUT2D eigenvalue weighted by atomic mass is 9.98. The average Bonchev–Trinajstić information content (AvgIpc) is 2.62. The van der Waals surface area contributed by atoms with Gasteiger partial charge in [-0.2, -0.15) is 0 Å². The average molecular weight is 339 g/mol. The van der Waals surface area contributed by atoms with Crippen molar-refractivity contribution >= 4 is 17.5 Å². The number of ether oxygens (including phenoxy) is 1. The Morgan fingerprint density at radius 1 is 1.12 bits per heavy atom. The Kier molecular flexibility index (Phi) is 6.23. The Bertz CT molecular complexity index is 777. The Hall–Kier alpha value is -2.75. The molecular formula is C21H25NO3. The van der Waals surface area contributed by atoms with Gasteiger partial charge in [0.2, 0.25) is 0 Å². The van der Waals surface area contributed by atoms with Crippen molar-refractivity contribution in [2.75, 3.05) is 12.3 Å². The van der Waals surface area contributed by atoms with E-state index in [0.29, 0.717) is 35.6 Å². The number of nitrogen functional groups attached to an aromatic ring is 1. The third-order valence-corrected chi connectivity index (χ3v) is 4.09. The van der Waals surface area contributed by atoms with E-state index >= 15 is 0 Å². The highest BCUT2D eigenvalue weighted by molar-refractivity contribution is 6.07. The number of allylic oxidation sites excluding steroid dienone is 1. The fraction of sp³-hybridized carbons (Fsp3) is 0.286. The van der Waals surface area contributed by atoms with E-state index in [-0.39, 0.29) is 11.5 Å².